The summed E-state index contributed by atoms with van der Waals surface area (Å²) in [6.07, 6.45) is 0.987. The number of anilines is 1. The zero-order chi connectivity index (χ0) is 13.9. The molecule has 0 bridgehead atoms. The Hall–Kier alpha value is -1.87. The molecular formula is C16H16ClNO2. The third kappa shape index (κ3) is 2.68. The second-order valence-corrected chi connectivity index (χ2v) is 5.28. The van der Waals surface area contributed by atoms with E-state index >= 15 is 0 Å². The van der Waals surface area contributed by atoms with Gasteiger partial charge in [0.05, 0.1) is 17.3 Å². The van der Waals surface area contributed by atoms with Gasteiger partial charge in [0.2, 0.25) is 0 Å². The van der Waals surface area contributed by atoms with Crippen molar-refractivity contribution in [3.8, 4) is 11.5 Å². The molecule has 0 saturated heterocycles. The SMILES string of the molecule is Oc1ccc(CN2CCCOc3ccccc32)cc1Cl. The fourth-order valence-electron chi connectivity index (χ4n) is 2.43. The lowest BCUT2D eigenvalue weighted by atomic mass is 10.1. The number of fused-ring (bicyclic) bond motifs is 1. The van der Waals surface area contributed by atoms with Crippen LogP contribution in [0, 0.1) is 0 Å². The summed E-state index contributed by atoms with van der Waals surface area (Å²) in [6.45, 7) is 2.43. The van der Waals surface area contributed by atoms with E-state index in [-0.39, 0.29) is 5.75 Å². The molecule has 1 heterocycles. The maximum atomic E-state index is 9.49. The molecule has 104 valence electrons. The summed E-state index contributed by atoms with van der Waals surface area (Å²) in [4.78, 5) is 2.28. The average molecular weight is 290 g/mol. The smallest absolute Gasteiger partial charge is 0.142 e. The van der Waals surface area contributed by atoms with Gasteiger partial charge in [0.25, 0.3) is 0 Å². The number of aromatic hydroxyl groups is 1. The highest BCUT2D eigenvalue weighted by molar-refractivity contribution is 6.32. The lowest BCUT2D eigenvalue weighted by Crippen LogP contribution is -2.23. The Labute approximate surface area is 123 Å². The summed E-state index contributed by atoms with van der Waals surface area (Å²) in [5.41, 5.74) is 2.18. The molecule has 1 aliphatic rings. The van der Waals surface area contributed by atoms with Crippen molar-refractivity contribution in [1.82, 2.24) is 0 Å². The van der Waals surface area contributed by atoms with Crippen LogP contribution in [-0.2, 0) is 6.54 Å². The predicted molar refractivity (Wildman–Crippen MR) is 80.7 cm³/mol. The Bertz CT molecular complexity index is 615. The van der Waals surface area contributed by atoms with Crippen molar-refractivity contribution in [1.29, 1.82) is 0 Å². The van der Waals surface area contributed by atoms with Gasteiger partial charge >= 0.3 is 0 Å². The first-order chi connectivity index (χ1) is 9.74. The Morgan fingerprint density at radius 3 is 2.90 bits per heavy atom. The van der Waals surface area contributed by atoms with Crippen LogP contribution in [0.25, 0.3) is 0 Å². The lowest BCUT2D eigenvalue weighted by molar-refractivity contribution is 0.322. The first-order valence-corrected chi connectivity index (χ1v) is 7.06. The van der Waals surface area contributed by atoms with Gasteiger partial charge in [-0.25, -0.2) is 0 Å². The Morgan fingerprint density at radius 2 is 2.05 bits per heavy atom. The molecule has 3 rings (SSSR count). The van der Waals surface area contributed by atoms with Gasteiger partial charge in [0, 0.05) is 13.1 Å². The number of halogens is 1. The number of nitrogens with zero attached hydrogens (tertiary/aromatic N) is 1. The van der Waals surface area contributed by atoms with E-state index in [4.69, 9.17) is 16.3 Å². The minimum atomic E-state index is 0.120. The highest BCUT2D eigenvalue weighted by atomic mass is 35.5. The highest BCUT2D eigenvalue weighted by Gasteiger charge is 2.16. The molecule has 0 fully saturated rings. The highest BCUT2D eigenvalue weighted by Crippen LogP contribution is 2.32. The van der Waals surface area contributed by atoms with Crippen LogP contribution in [0.5, 0.6) is 11.5 Å². The van der Waals surface area contributed by atoms with E-state index in [1.807, 2.05) is 30.3 Å². The molecule has 0 atom stereocenters. The minimum absolute atomic E-state index is 0.120. The number of phenols is 1. The van der Waals surface area contributed by atoms with E-state index in [2.05, 4.69) is 11.0 Å². The molecule has 4 heteroatoms. The van der Waals surface area contributed by atoms with Gasteiger partial charge in [-0.3, -0.25) is 0 Å². The average Bonchev–Trinajstić information content (AvgIpc) is 2.66. The summed E-state index contributed by atoms with van der Waals surface area (Å²) in [5, 5.41) is 9.88. The third-order valence-corrected chi connectivity index (χ3v) is 3.72. The maximum absolute atomic E-state index is 9.49. The lowest BCUT2D eigenvalue weighted by Gasteiger charge is -2.24. The van der Waals surface area contributed by atoms with Crippen molar-refractivity contribution in [3.05, 3.63) is 53.1 Å². The van der Waals surface area contributed by atoms with Crippen LogP contribution in [0.3, 0.4) is 0 Å². The standard InChI is InChI=1S/C16H16ClNO2/c17-13-10-12(6-7-15(13)19)11-18-8-3-9-20-16-5-2-1-4-14(16)18/h1-2,4-7,10,19H,3,8-9,11H2. The summed E-state index contributed by atoms with van der Waals surface area (Å²) in [5.74, 6) is 1.05. The van der Waals surface area contributed by atoms with Gasteiger partial charge in [-0.15, -0.1) is 0 Å². The Balaban J connectivity index is 1.88. The number of ether oxygens (including phenoxy) is 1. The molecular weight excluding hydrogens is 274 g/mol. The number of hydrogen-bond donors (Lipinski definition) is 1. The van der Waals surface area contributed by atoms with Crippen LogP contribution in [-0.4, -0.2) is 18.3 Å². The Kier molecular flexibility index (Phi) is 3.70. The zero-order valence-corrected chi connectivity index (χ0v) is 11.8. The molecule has 0 saturated carbocycles. The van der Waals surface area contributed by atoms with Gasteiger partial charge < -0.3 is 14.7 Å². The largest absolute Gasteiger partial charge is 0.506 e. The van der Waals surface area contributed by atoms with E-state index in [0.717, 1.165) is 43.1 Å². The second-order valence-electron chi connectivity index (χ2n) is 4.88. The summed E-state index contributed by atoms with van der Waals surface area (Å²) in [6, 6.07) is 13.4. The van der Waals surface area contributed by atoms with E-state index in [1.165, 1.54) is 0 Å². The first-order valence-electron chi connectivity index (χ1n) is 6.68. The number of rotatable bonds is 2. The quantitative estimate of drug-likeness (QED) is 0.912. The van der Waals surface area contributed by atoms with Crippen LogP contribution in [0.2, 0.25) is 5.02 Å². The molecule has 3 nitrogen and oxygen atoms in total. The fraction of sp³-hybridized carbons (Fsp3) is 0.250. The van der Waals surface area contributed by atoms with Crippen molar-refractivity contribution in [2.45, 2.75) is 13.0 Å². The molecule has 1 N–H and O–H groups in total. The molecule has 0 aliphatic carbocycles. The van der Waals surface area contributed by atoms with E-state index in [9.17, 15) is 5.11 Å². The fourth-order valence-corrected chi connectivity index (χ4v) is 2.63. The van der Waals surface area contributed by atoms with Crippen LogP contribution < -0.4 is 9.64 Å². The first kappa shape index (κ1) is 13.1. The summed E-state index contributed by atoms with van der Waals surface area (Å²) >= 11 is 5.97. The van der Waals surface area contributed by atoms with Crippen molar-refractivity contribution in [3.63, 3.8) is 0 Å². The van der Waals surface area contributed by atoms with Crippen molar-refractivity contribution in [2.75, 3.05) is 18.1 Å². The molecule has 0 amide bonds. The molecule has 20 heavy (non-hydrogen) atoms. The van der Waals surface area contributed by atoms with Gasteiger partial charge in [-0.2, -0.15) is 0 Å². The molecule has 0 aromatic heterocycles. The van der Waals surface area contributed by atoms with E-state index < -0.39 is 0 Å². The third-order valence-electron chi connectivity index (χ3n) is 3.42. The van der Waals surface area contributed by atoms with Gasteiger partial charge in [-0.05, 0) is 36.2 Å². The number of hydrogen-bond acceptors (Lipinski definition) is 3. The van der Waals surface area contributed by atoms with Crippen LogP contribution >= 0.6 is 11.6 Å². The second kappa shape index (κ2) is 5.63. The number of benzene rings is 2. The van der Waals surface area contributed by atoms with Gasteiger partial charge in [-0.1, -0.05) is 29.8 Å². The maximum Gasteiger partial charge on any atom is 0.142 e. The zero-order valence-electron chi connectivity index (χ0n) is 11.1. The predicted octanol–water partition coefficient (Wildman–Crippen LogP) is 3.83. The van der Waals surface area contributed by atoms with Crippen molar-refractivity contribution < 1.29 is 9.84 Å². The monoisotopic (exact) mass is 289 g/mol. The minimum Gasteiger partial charge on any atom is -0.506 e. The molecule has 0 spiro atoms. The van der Waals surface area contributed by atoms with Crippen molar-refractivity contribution in [2.24, 2.45) is 0 Å². The molecule has 2 aromatic rings. The topological polar surface area (TPSA) is 32.7 Å². The Morgan fingerprint density at radius 1 is 1.20 bits per heavy atom. The van der Waals surface area contributed by atoms with Crippen LogP contribution in [0.1, 0.15) is 12.0 Å². The van der Waals surface area contributed by atoms with Gasteiger partial charge in [0.15, 0.2) is 0 Å². The van der Waals surface area contributed by atoms with E-state index in [1.54, 1.807) is 6.07 Å². The van der Waals surface area contributed by atoms with Crippen LogP contribution in [0.15, 0.2) is 42.5 Å². The molecule has 2 aromatic carbocycles. The molecule has 0 unspecified atom stereocenters. The molecule has 1 aliphatic heterocycles. The number of phenolic OH excluding ortho intramolecular Hbond substituents is 1. The normalized spacial score (nSPS) is 14.3. The molecule has 0 radical (unpaired) electrons. The van der Waals surface area contributed by atoms with Crippen LogP contribution in [0.4, 0.5) is 5.69 Å². The summed E-state index contributed by atoms with van der Waals surface area (Å²) in [7, 11) is 0. The van der Waals surface area contributed by atoms with Crippen molar-refractivity contribution >= 4 is 17.3 Å². The van der Waals surface area contributed by atoms with E-state index in [0.29, 0.717) is 5.02 Å². The number of para-hydroxylation sites is 2. The summed E-state index contributed by atoms with van der Waals surface area (Å²) < 4.78 is 5.75. The van der Waals surface area contributed by atoms with Gasteiger partial charge in [0.1, 0.15) is 11.5 Å².